The number of hydrogen-bond donors (Lipinski definition) is 1. The van der Waals surface area contributed by atoms with Gasteiger partial charge in [-0.2, -0.15) is 0 Å². The molecule has 1 aromatic carbocycles. The summed E-state index contributed by atoms with van der Waals surface area (Å²) in [5, 5.41) is 0. The molecule has 1 atom stereocenters. The topological polar surface area (TPSA) is 49.6 Å². The monoisotopic (exact) mass is 287 g/mol. The van der Waals surface area contributed by atoms with Crippen molar-refractivity contribution in [3.05, 3.63) is 29.8 Å². The van der Waals surface area contributed by atoms with Gasteiger partial charge < -0.3 is 10.6 Å². The fraction of sp³-hybridized carbons (Fsp3) is 0.588. The minimum Gasteiger partial charge on any atom is -0.326 e. The van der Waals surface area contributed by atoms with Crippen LogP contribution in [0.1, 0.15) is 37.7 Å². The van der Waals surface area contributed by atoms with E-state index in [9.17, 15) is 4.79 Å². The quantitative estimate of drug-likeness (QED) is 0.929. The predicted octanol–water partition coefficient (Wildman–Crippen LogP) is 2.97. The van der Waals surface area contributed by atoms with Crippen LogP contribution < -0.4 is 10.6 Å². The minimum atomic E-state index is 0.0694. The van der Waals surface area contributed by atoms with Crippen LogP contribution in [0.3, 0.4) is 0 Å². The van der Waals surface area contributed by atoms with Gasteiger partial charge in [0.1, 0.15) is 0 Å². The molecule has 0 aromatic heterocycles. The normalized spacial score (nSPS) is 21.3. The average Bonchev–Trinajstić information content (AvgIpc) is 2.52. The third-order valence-corrected chi connectivity index (χ3v) is 4.90. The smallest absolute Gasteiger partial charge is 0.324 e. The first-order valence-electron chi connectivity index (χ1n) is 8.03. The maximum atomic E-state index is 12.5. The van der Waals surface area contributed by atoms with Crippen LogP contribution in [0.25, 0.3) is 0 Å². The van der Waals surface area contributed by atoms with Gasteiger partial charge in [-0.05, 0) is 30.4 Å². The lowest BCUT2D eigenvalue weighted by atomic mass is 9.84. The molecule has 2 amide bonds. The molecule has 1 heterocycles. The zero-order valence-corrected chi connectivity index (χ0v) is 12.8. The molecule has 0 saturated heterocycles. The van der Waals surface area contributed by atoms with E-state index in [2.05, 4.69) is 6.07 Å². The summed E-state index contributed by atoms with van der Waals surface area (Å²) in [6.45, 7) is 1.31. The average molecular weight is 287 g/mol. The van der Waals surface area contributed by atoms with Crippen LogP contribution in [0.2, 0.25) is 0 Å². The first kappa shape index (κ1) is 14.4. The van der Waals surface area contributed by atoms with Crippen molar-refractivity contribution in [1.29, 1.82) is 0 Å². The van der Waals surface area contributed by atoms with Crippen LogP contribution in [-0.4, -0.2) is 30.6 Å². The summed E-state index contributed by atoms with van der Waals surface area (Å²) in [5.74, 6) is 0.561. The molecule has 1 fully saturated rings. The van der Waals surface area contributed by atoms with E-state index in [1.54, 1.807) is 4.90 Å². The number of hydrogen-bond acceptors (Lipinski definition) is 2. The number of fused-ring (bicyclic) bond motifs is 1. The highest BCUT2D eigenvalue weighted by Gasteiger charge is 2.31. The van der Waals surface area contributed by atoms with Gasteiger partial charge in [-0.3, -0.25) is 4.90 Å². The van der Waals surface area contributed by atoms with Crippen LogP contribution >= 0.6 is 0 Å². The highest BCUT2D eigenvalue weighted by molar-refractivity contribution is 5.94. The van der Waals surface area contributed by atoms with Gasteiger partial charge in [0.15, 0.2) is 0 Å². The lowest BCUT2D eigenvalue weighted by Gasteiger charge is -2.38. The Kier molecular flexibility index (Phi) is 4.15. The number of nitrogens with zero attached hydrogens (tertiary/aromatic N) is 2. The van der Waals surface area contributed by atoms with Crippen molar-refractivity contribution in [2.45, 2.75) is 44.7 Å². The summed E-state index contributed by atoms with van der Waals surface area (Å²) in [5.41, 5.74) is 8.67. The summed E-state index contributed by atoms with van der Waals surface area (Å²) in [7, 11) is 1.86. The lowest BCUT2D eigenvalue weighted by Crippen LogP contribution is -2.51. The maximum Gasteiger partial charge on any atom is 0.324 e. The fourth-order valence-corrected chi connectivity index (χ4v) is 3.64. The molecule has 2 N–H and O–H groups in total. The van der Waals surface area contributed by atoms with Crippen molar-refractivity contribution in [3.8, 4) is 0 Å². The van der Waals surface area contributed by atoms with E-state index in [-0.39, 0.29) is 12.1 Å². The van der Waals surface area contributed by atoms with E-state index < -0.39 is 0 Å². The van der Waals surface area contributed by atoms with Crippen molar-refractivity contribution in [3.63, 3.8) is 0 Å². The van der Waals surface area contributed by atoms with E-state index in [1.807, 2.05) is 30.1 Å². The zero-order valence-electron chi connectivity index (χ0n) is 12.8. The molecule has 1 aromatic rings. The van der Waals surface area contributed by atoms with E-state index in [1.165, 1.54) is 37.7 Å². The van der Waals surface area contributed by atoms with Crippen molar-refractivity contribution in [2.75, 3.05) is 18.5 Å². The van der Waals surface area contributed by atoms with E-state index in [0.717, 1.165) is 5.69 Å². The number of anilines is 1. The van der Waals surface area contributed by atoms with Gasteiger partial charge in [-0.25, -0.2) is 4.79 Å². The van der Waals surface area contributed by atoms with Gasteiger partial charge in [-0.1, -0.05) is 37.5 Å². The van der Waals surface area contributed by atoms with Gasteiger partial charge in [-0.15, -0.1) is 0 Å². The molecule has 2 aliphatic rings. The van der Waals surface area contributed by atoms with Crippen LogP contribution in [0.4, 0.5) is 10.5 Å². The van der Waals surface area contributed by atoms with E-state index >= 15 is 0 Å². The molecular weight excluding hydrogens is 262 g/mol. The largest absolute Gasteiger partial charge is 0.326 e. The van der Waals surface area contributed by atoms with Gasteiger partial charge >= 0.3 is 6.03 Å². The number of nitrogens with two attached hydrogens (primary N) is 1. The second-order valence-corrected chi connectivity index (χ2v) is 6.44. The molecule has 1 aliphatic heterocycles. The number of carbonyl (C=O) groups is 1. The summed E-state index contributed by atoms with van der Waals surface area (Å²) >= 11 is 0. The minimum absolute atomic E-state index is 0.0694. The summed E-state index contributed by atoms with van der Waals surface area (Å²) in [4.78, 5) is 16.1. The van der Waals surface area contributed by atoms with Gasteiger partial charge in [0, 0.05) is 26.2 Å². The molecule has 21 heavy (non-hydrogen) atoms. The van der Waals surface area contributed by atoms with Gasteiger partial charge in [0.25, 0.3) is 0 Å². The molecule has 4 heteroatoms. The lowest BCUT2D eigenvalue weighted by molar-refractivity contribution is 0.208. The Bertz CT molecular complexity index is 511. The Balaban J connectivity index is 1.78. The third-order valence-electron chi connectivity index (χ3n) is 4.90. The van der Waals surface area contributed by atoms with Crippen LogP contribution in [0, 0.1) is 5.92 Å². The first-order chi connectivity index (χ1) is 10.2. The maximum absolute atomic E-state index is 12.5. The Hall–Kier alpha value is -1.55. The molecule has 3 rings (SSSR count). The summed E-state index contributed by atoms with van der Waals surface area (Å²) in [6.07, 6.45) is 6.31. The number of rotatable bonds is 3. The molecule has 1 saturated carbocycles. The van der Waals surface area contributed by atoms with Crippen LogP contribution in [0.5, 0.6) is 0 Å². The number of carbonyl (C=O) groups excluding carboxylic acids is 1. The van der Waals surface area contributed by atoms with Crippen molar-refractivity contribution in [1.82, 2.24) is 4.90 Å². The summed E-state index contributed by atoms with van der Waals surface area (Å²) < 4.78 is 0. The number of amides is 2. The highest BCUT2D eigenvalue weighted by atomic mass is 16.2. The highest BCUT2D eigenvalue weighted by Crippen LogP contribution is 2.30. The summed E-state index contributed by atoms with van der Waals surface area (Å²) in [6, 6.07) is 8.30. The molecule has 4 nitrogen and oxygen atoms in total. The number of benzene rings is 1. The Morgan fingerprint density at radius 2 is 1.95 bits per heavy atom. The fourth-order valence-electron chi connectivity index (χ4n) is 3.64. The van der Waals surface area contributed by atoms with Gasteiger partial charge in [0.05, 0.1) is 5.69 Å². The second-order valence-electron chi connectivity index (χ2n) is 6.44. The molecule has 1 aliphatic carbocycles. The molecule has 0 radical (unpaired) electrons. The van der Waals surface area contributed by atoms with Crippen molar-refractivity contribution < 1.29 is 4.79 Å². The molecule has 1 unspecified atom stereocenters. The van der Waals surface area contributed by atoms with Crippen LogP contribution in [0.15, 0.2) is 24.3 Å². The standard InChI is InChI=1S/C17H25N3O/c1-19-11-14-9-5-6-10-16(14)20(17(19)21)12-15(18)13-7-3-2-4-8-13/h5-6,9-10,13,15H,2-4,7-8,11-12,18H2,1H3. The van der Waals surface area contributed by atoms with E-state index in [0.29, 0.717) is 19.0 Å². The van der Waals surface area contributed by atoms with Gasteiger partial charge in [0.2, 0.25) is 0 Å². The number of urea groups is 1. The zero-order chi connectivity index (χ0) is 14.8. The SMILES string of the molecule is CN1Cc2ccccc2N(CC(N)C2CCCCC2)C1=O. The first-order valence-corrected chi connectivity index (χ1v) is 8.03. The van der Waals surface area contributed by atoms with Crippen LogP contribution in [-0.2, 0) is 6.54 Å². The third kappa shape index (κ3) is 2.91. The molecule has 0 bridgehead atoms. The Labute approximate surface area is 126 Å². The molecular formula is C17H25N3O. The molecule has 0 spiro atoms. The number of para-hydroxylation sites is 1. The Morgan fingerprint density at radius 1 is 1.24 bits per heavy atom. The molecule has 114 valence electrons. The second kappa shape index (κ2) is 6.06. The predicted molar refractivity (Wildman–Crippen MR) is 85.2 cm³/mol. The van der Waals surface area contributed by atoms with E-state index in [4.69, 9.17) is 5.73 Å². The van der Waals surface area contributed by atoms with Crippen molar-refractivity contribution in [2.24, 2.45) is 11.7 Å². The Morgan fingerprint density at radius 3 is 2.71 bits per heavy atom. The van der Waals surface area contributed by atoms with Crippen molar-refractivity contribution >= 4 is 11.7 Å².